The highest BCUT2D eigenvalue weighted by molar-refractivity contribution is 5.72. The largest absolute Gasteiger partial charge is 0.332 e. The second kappa shape index (κ2) is 2.16. The van der Waals surface area contributed by atoms with Gasteiger partial charge in [0, 0.05) is 19.5 Å². The first kappa shape index (κ1) is 6.25. The molecule has 1 aliphatic rings. The van der Waals surface area contributed by atoms with Crippen molar-refractivity contribution in [2.24, 2.45) is 10.7 Å². The molecule has 0 fully saturated rings. The number of ether oxygens (including phenoxy) is 1. The molecule has 50 valence electrons. The Morgan fingerprint density at radius 2 is 2.56 bits per heavy atom. The van der Waals surface area contributed by atoms with E-state index in [0.717, 1.165) is 0 Å². The fourth-order valence-electron chi connectivity index (χ4n) is 0.513. The molecule has 1 heterocycles. The first-order valence-electron chi connectivity index (χ1n) is 2.59. The Bertz CT molecular complexity index is 154. The lowest BCUT2D eigenvalue weighted by Crippen LogP contribution is -2.52. The topological polar surface area (TPSA) is 59.6 Å². The zero-order valence-electron chi connectivity index (χ0n) is 5.16. The monoisotopic (exact) mass is 127 g/mol. The Hall–Kier alpha value is -0.870. The van der Waals surface area contributed by atoms with Crippen LogP contribution in [0.25, 0.3) is 0 Å². The minimum absolute atomic E-state index is 1.05. The van der Waals surface area contributed by atoms with Crippen LogP contribution in [0, 0.1) is 0 Å². The molecule has 0 amide bonds. The van der Waals surface area contributed by atoms with Crippen LogP contribution in [0.15, 0.2) is 17.3 Å². The number of methoxy groups -OCH3 is 1. The van der Waals surface area contributed by atoms with Crippen LogP contribution in [0.1, 0.15) is 0 Å². The summed E-state index contributed by atoms with van der Waals surface area (Å²) in [6.45, 7) is 0. The number of nitrogens with two attached hydrogens (primary N) is 1. The number of hydrogen-bond donors (Lipinski definition) is 2. The van der Waals surface area contributed by atoms with Gasteiger partial charge in [0.05, 0.1) is 0 Å². The van der Waals surface area contributed by atoms with E-state index >= 15 is 0 Å². The van der Waals surface area contributed by atoms with Gasteiger partial charge in [0.25, 0.3) is 5.97 Å². The van der Waals surface area contributed by atoms with Crippen molar-refractivity contribution in [2.75, 3.05) is 7.11 Å². The lowest BCUT2D eigenvalue weighted by Gasteiger charge is -2.24. The molecule has 0 spiro atoms. The summed E-state index contributed by atoms with van der Waals surface area (Å²) in [6, 6.07) is 0. The third-order valence-electron chi connectivity index (χ3n) is 1.05. The molecule has 1 aliphatic heterocycles. The van der Waals surface area contributed by atoms with E-state index in [9.17, 15) is 0 Å². The minimum atomic E-state index is -1.05. The number of nitrogens with one attached hydrogen (secondary N) is 1. The van der Waals surface area contributed by atoms with Gasteiger partial charge in [-0.05, 0) is 6.08 Å². The number of aliphatic imine (C=N–C) groups is 1. The number of rotatable bonds is 1. The maximum atomic E-state index is 5.48. The standard InChI is InChI=1S/C5H9N3O/c1-9-5(6)7-3-2-4-8-5/h2-4,7H,6H2,1H3. The van der Waals surface area contributed by atoms with Gasteiger partial charge in [0.1, 0.15) is 0 Å². The zero-order valence-corrected chi connectivity index (χ0v) is 5.16. The summed E-state index contributed by atoms with van der Waals surface area (Å²) in [7, 11) is 1.49. The average Bonchev–Trinajstić information content (AvgIpc) is 1.90. The highest BCUT2D eigenvalue weighted by Crippen LogP contribution is 1.99. The summed E-state index contributed by atoms with van der Waals surface area (Å²) >= 11 is 0. The maximum absolute atomic E-state index is 5.48. The third-order valence-corrected chi connectivity index (χ3v) is 1.05. The maximum Gasteiger partial charge on any atom is 0.296 e. The van der Waals surface area contributed by atoms with Crippen LogP contribution in [0.2, 0.25) is 0 Å². The Kier molecular flexibility index (Phi) is 1.50. The van der Waals surface area contributed by atoms with E-state index < -0.39 is 5.97 Å². The quantitative estimate of drug-likeness (QED) is 0.462. The zero-order chi connectivity index (χ0) is 6.74. The van der Waals surface area contributed by atoms with Crippen LogP contribution >= 0.6 is 0 Å². The summed E-state index contributed by atoms with van der Waals surface area (Å²) in [5.74, 6) is -1.05. The van der Waals surface area contributed by atoms with Gasteiger partial charge in [0.15, 0.2) is 0 Å². The van der Waals surface area contributed by atoms with E-state index in [2.05, 4.69) is 10.3 Å². The summed E-state index contributed by atoms with van der Waals surface area (Å²) in [5, 5.41) is 2.72. The Balaban J connectivity index is 2.63. The molecule has 1 atom stereocenters. The van der Waals surface area contributed by atoms with Crippen molar-refractivity contribution in [3.05, 3.63) is 12.3 Å². The van der Waals surface area contributed by atoms with Crippen molar-refractivity contribution >= 4 is 6.21 Å². The molecule has 0 saturated heterocycles. The molecular formula is C5H9N3O. The van der Waals surface area contributed by atoms with Gasteiger partial charge in [-0.2, -0.15) is 0 Å². The van der Waals surface area contributed by atoms with Gasteiger partial charge in [0.2, 0.25) is 0 Å². The van der Waals surface area contributed by atoms with Gasteiger partial charge in [-0.3, -0.25) is 5.73 Å². The van der Waals surface area contributed by atoms with Crippen LogP contribution < -0.4 is 11.1 Å². The Labute approximate surface area is 53.4 Å². The summed E-state index contributed by atoms with van der Waals surface area (Å²) < 4.78 is 4.80. The predicted octanol–water partition coefficient (Wildman–Crippen LogP) is -0.610. The van der Waals surface area contributed by atoms with E-state index in [1.807, 2.05) is 0 Å². The van der Waals surface area contributed by atoms with Crippen molar-refractivity contribution in [1.82, 2.24) is 5.32 Å². The van der Waals surface area contributed by atoms with Crippen molar-refractivity contribution in [2.45, 2.75) is 5.97 Å². The van der Waals surface area contributed by atoms with Gasteiger partial charge < -0.3 is 10.1 Å². The average molecular weight is 127 g/mol. The second-order valence-electron chi connectivity index (χ2n) is 1.68. The van der Waals surface area contributed by atoms with Crippen molar-refractivity contribution in [3.8, 4) is 0 Å². The van der Waals surface area contributed by atoms with Gasteiger partial charge in [-0.25, -0.2) is 4.99 Å². The van der Waals surface area contributed by atoms with E-state index in [4.69, 9.17) is 10.5 Å². The molecule has 0 aromatic rings. The van der Waals surface area contributed by atoms with E-state index in [-0.39, 0.29) is 0 Å². The second-order valence-corrected chi connectivity index (χ2v) is 1.68. The minimum Gasteiger partial charge on any atom is -0.332 e. The fourth-order valence-corrected chi connectivity index (χ4v) is 0.513. The van der Waals surface area contributed by atoms with Crippen molar-refractivity contribution in [3.63, 3.8) is 0 Å². The third kappa shape index (κ3) is 1.28. The molecule has 0 aromatic carbocycles. The number of hydrogen-bond acceptors (Lipinski definition) is 4. The van der Waals surface area contributed by atoms with Gasteiger partial charge >= 0.3 is 0 Å². The number of allylic oxidation sites excluding steroid dienone is 1. The molecule has 0 saturated carbocycles. The van der Waals surface area contributed by atoms with Crippen molar-refractivity contribution in [1.29, 1.82) is 0 Å². The lowest BCUT2D eigenvalue weighted by molar-refractivity contribution is -0.0157. The van der Waals surface area contributed by atoms with Crippen molar-refractivity contribution < 1.29 is 4.74 Å². The normalized spacial score (nSPS) is 32.2. The first-order valence-corrected chi connectivity index (χ1v) is 2.59. The molecule has 3 N–H and O–H groups in total. The summed E-state index contributed by atoms with van der Waals surface area (Å²) in [5.41, 5.74) is 5.48. The molecule has 9 heavy (non-hydrogen) atoms. The van der Waals surface area contributed by atoms with Crippen LogP contribution in [0.4, 0.5) is 0 Å². The van der Waals surface area contributed by atoms with Crippen LogP contribution in [0.5, 0.6) is 0 Å². The molecular weight excluding hydrogens is 118 g/mol. The van der Waals surface area contributed by atoms with Gasteiger partial charge in [-0.15, -0.1) is 0 Å². The first-order chi connectivity index (χ1) is 4.27. The molecule has 0 bridgehead atoms. The molecule has 1 rings (SSSR count). The summed E-state index contributed by atoms with van der Waals surface area (Å²) in [4.78, 5) is 3.81. The Morgan fingerprint density at radius 3 is 2.89 bits per heavy atom. The van der Waals surface area contributed by atoms with Gasteiger partial charge in [-0.1, -0.05) is 0 Å². The highest BCUT2D eigenvalue weighted by Gasteiger charge is 2.20. The van der Waals surface area contributed by atoms with E-state index in [1.165, 1.54) is 7.11 Å². The van der Waals surface area contributed by atoms with E-state index in [1.54, 1.807) is 18.5 Å². The predicted molar refractivity (Wildman–Crippen MR) is 34.7 cm³/mol. The Morgan fingerprint density at radius 1 is 1.78 bits per heavy atom. The van der Waals surface area contributed by atoms with E-state index in [0.29, 0.717) is 0 Å². The molecule has 1 unspecified atom stereocenters. The molecule has 4 heteroatoms. The molecule has 0 aromatic heterocycles. The fraction of sp³-hybridized carbons (Fsp3) is 0.400. The smallest absolute Gasteiger partial charge is 0.296 e. The van der Waals surface area contributed by atoms with Crippen LogP contribution in [0.3, 0.4) is 0 Å². The lowest BCUT2D eigenvalue weighted by atomic mass is 10.5. The molecule has 4 nitrogen and oxygen atoms in total. The van der Waals surface area contributed by atoms with Crippen LogP contribution in [-0.4, -0.2) is 19.3 Å². The summed E-state index contributed by atoms with van der Waals surface area (Å²) in [6.07, 6.45) is 5.00. The SMILES string of the molecule is COC1(N)N=CC=CN1. The van der Waals surface area contributed by atoms with Crippen LogP contribution in [-0.2, 0) is 4.74 Å². The number of nitrogens with zero attached hydrogens (tertiary/aromatic N) is 1. The molecule has 0 aliphatic carbocycles. The highest BCUT2D eigenvalue weighted by atomic mass is 16.5. The molecule has 0 radical (unpaired) electrons.